The van der Waals surface area contributed by atoms with Crippen LogP contribution in [0, 0.1) is 0 Å². The quantitative estimate of drug-likeness (QED) is 0.174. The van der Waals surface area contributed by atoms with Gasteiger partial charge in [0.15, 0.2) is 5.96 Å². The molecule has 10 heteroatoms. The minimum atomic E-state index is -4.02. The number of esters is 1. The van der Waals surface area contributed by atoms with Crippen molar-refractivity contribution in [1.82, 2.24) is 4.72 Å². The van der Waals surface area contributed by atoms with Gasteiger partial charge in [-0.05, 0) is 31.4 Å². The second kappa shape index (κ2) is 12.4. The molecule has 0 aromatic heterocycles. The Labute approximate surface area is 196 Å². The molecule has 2 aromatic carbocycles. The van der Waals surface area contributed by atoms with Gasteiger partial charge < -0.3 is 21.1 Å². The van der Waals surface area contributed by atoms with Gasteiger partial charge in [-0.15, -0.1) is 0 Å². The first-order valence-corrected chi connectivity index (χ1v) is 12.6. The molecule has 5 N–H and O–H groups in total. The van der Waals surface area contributed by atoms with E-state index < -0.39 is 22.0 Å². The summed E-state index contributed by atoms with van der Waals surface area (Å²) in [6.07, 6.45) is 3.26. The number of hydrogen-bond donors (Lipinski definition) is 3. The molecule has 0 fully saturated rings. The Balaban J connectivity index is 2.30. The number of nitrogens with two attached hydrogens (primary N) is 2. The second-order valence-electron chi connectivity index (χ2n) is 8.02. The SMILES string of the molecule is CCCCCOC(=O)[C@H](CCCN=C(N)N)NS(=O)(=O)c1cccc2c(N(C)C)cccc12. The molecule has 9 nitrogen and oxygen atoms in total. The third kappa shape index (κ3) is 7.61. The number of hydrogen-bond acceptors (Lipinski definition) is 6. The van der Waals surface area contributed by atoms with Gasteiger partial charge in [0, 0.05) is 37.1 Å². The third-order valence-electron chi connectivity index (χ3n) is 5.15. The van der Waals surface area contributed by atoms with E-state index in [-0.39, 0.29) is 30.4 Å². The Morgan fingerprint density at radius 3 is 2.45 bits per heavy atom. The molecule has 182 valence electrons. The zero-order chi connectivity index (χ0) is 24.4. The van der Waals surface area contributed by atoms with Crippen LogP contribution in [0.1, 0.15) is 39.0 Å². The van der Waals surface area contributed by atoms with E-state index in [0.29, 0.717) is 11.8 Å². The van der Waals surface area contributed by atoms with E-state index in [1.807, 2.05) is 44.1 Å². The number of fused-ring (bicyclic) bond motifs is 1. The fourth-order valence-electron chi connectivity index (χ4n) is 3.49. The van der Waals surface area contributed by atoms with Gasteiger partial charge in [-0.2, -0.15) is 4.72 Å². The van der Waals surface area contributed by atoms with E-state index >= 15 is 0 Å². The van der Waals surface area contributed by atoms with Crippen LogP contribution in [0.2, 0.25) is 0 Å². The van der Waals surface area contributed by atoms with Gasteiger partial charge in [0.2, 0.25) is 10.0 Å². The summed E-state index contributed by atoms with van der Waals surface area (Å²) in [5.74, 6) is -0.657. The molecule has 0 amide bonds. The first kappa shape index (κ1) is 26.4. The lowest BCUT2D eigenvalue weighted by Crippen LogP contribution is -2.42. The highest BCUT2D eigenvalue weighted by atomic mass is 32.2. The normalized spacial score (nSPS) is 12.3. The predicted molar refractivity (Wildman–Crippen MR) is 133 cm³/mol. The summed E-state index contributed by atoms with van der Waals surface area (Å²) >= 11 is 0. The highest BCUT2D eigenvalue weighted by Crippen LogP contribution is 2.30. The standard InChI is InChI=1S/C23H35N5O4S/c1-4-5-6-16-32-22(29)19(12-9-15-26-23(24)25)27-33(30,31)21-14-8-10-17-18(21)11-7-13-20(17)28(2)3/h7-8,10-11,13-14,19,27H,4-6,9,12,15-16H2,1-3H3,(H4,24,25,26)/t19-/m0/s1. The van der Waals surface area contributed by atoms with Crippen LogP contribution >= 0.6 is 0 Å². The van der Waals surface area contributed by atoms with Crippen LogP contribution in [0.15, 0.2) is 46.3 Å². The fraction of sp³-hybridized carbons (Fsp3) is 0.478. The number of nitrogens with zero attached hydrogens (tertiary/aromatic N) is 2. The number of carbonyl (C=O) groups excluding carboxylic acids is 1. The van der Waals surface area contributed by atoms with Crippen molar-refractivity contribution in [3.63, 3.8) is 0 Å². The molecule has 0 saturated heterocycles. The Bertz CT molecular complexity index is 1070. The fourth-order valence-corrected chi connectivity index (χ4v) is 4.93. The number of benzene rings is 2. The maximum absolute atomic E-state index is 13.4. The van der Waals surface area contributed by atoms with Crippen molar-refractivity contribution >= 4 is 38.4 Å². The second-order valence-corrected chi connectivity index (χ2v) is 9.70. The van der Waals surface area contributed by atoms with Crippen LogP contribution in [0.3, 0.4) is 0 Å². The average molecular weight is 478 g/mol. The molecule has 0 aliphatic carbocycles. The van der Waals surface area contributed by atoms with Crippen LogP contribution in [-0.2, 0) is 19.6 Å². The first-order chi connectivity index (χ1) is 15.7. The highest BCUT2D eigenvalue weighted by Gasteiger charge is 2.28. The smallest absolute Gasteiger partial charge is 0.324 e. The molecule has 1 atom stereocenters. The molecule has 33 heavy (non-hydrogen) atoms. The van der Waals surface area contributed by atoms with E-state index in [4.69, 9.17) is 16.2 Å². The van der Waals surface area contributed by atoms with E-state index in [9.17, 15) is 13.2 Å². The van der Waals surface area contributed by atoms with Gasteiger partial charge in [-0.1, -0.05) is 44.0 Å². The van der Waals surface area contributed by atoms with E-state index in [2.05, 4.69) is 9.71 Å². The van der Waals surface area contributed by atoms with Crippen LogP contribution in [0.5, 0.6) is 0 Å². The number of anilines is 1. The molecule has 0 bridgehead atoms. The van der Waals surface area contributed by atoms with Crippen molar-refractivity contribution in [2.75, 3.05) is 32.1 Å². The predicted octanol–water partition coefficient (Wildman–Crippen LogP) is 2.34. The molecule has 0 radical (unpaired) electrons. The number of ether oxygens (including phenoxy) is 1. The van der Waals surface area contributed by atoms with Gasteiger partial charge in [0.25, 0.3) is 0 Å². The lowest BCUT2D eigenvalue weighted by molar-refractivity contribution is -0.146. The summed E-state index contributed by atoms with van der Waals surface area (Å²) in [7, 11) is -0.221. The lowest BCUT2D eigenvalue weighted by Gasteiger charge is -2.20. The molecular formula is C23H35N5O4S. The molecule has 0 saturated carbocycles. The summed E-state index contributed by atoms with van der Waals surface area (Å²) in [5, 5.41) is 1.38. The molecule has 0 spiro atoms. The minimum absolute atomic E-state index is 0.0540. The maximum atomic E-state index is 13.4. The van der Waals surface area contributed by atoms with Gasteiger partial charge in [-0.25, -0.2) is 8.42 Å². The average Bonchev–Trinajstić information content (AvgIpc) is 2.77. The first-order valence-electron chi connectivity index (χ1n) is 11.1. The molecule has 0 unspecified atom stereocenters. The summed E-state index contributed by atoms with van der Waals surface area (Å²) < 4.78 is 34.6. The van der Waals surface area contributed by atoms with Crippen molar-refractivity contribution in [2.45, 2.75) is 50.0 Å². The minimum Gasteiger partial charge on any atom is -0.465 e. The van der Waals surface area contributed by atoms with E-state index in [1.54, 1.807) is 12.1 Å². The number of rotatable bonds is 13. The van der Waals surface area contributed by atoms with Gasteiger partial charge in [0.1, 0.15) is 6.04 Å². The van der Waals surface area contributed by atoms with Crippen LogP contribution < -0.4 is 21.1 Å². The monoisotopic (exact) mass is 477 g/mol. The Kier molecular flexibility index (Phi) is 9.93. The summed E-state index contributed by atoms with van der Waals surface area (Å²) in [6, 6.07) is 9.55. The van der Waals surface area contributed by atoms with Crippen LogP contribution in [0.4, 0.5) is 5.69 Å². The number of aliphatic imine (C=N–C) groups is 1. The molecule has 2 rings (SSSR count). The third-order valence-corrected chi connectivity index (χ3v) is 6.68. The molecule has 0 aliphatic heterocycles. The Morgan fingerprint density at radius 2 is 1.79 bits per heavy atom. The lowest BCUT2D eigenvalue weighted by atomic mass is 10.1. The molecular weight excluding hydrogens is 442 g/mol. The Morgan fingerprint density at radius 1 is 1.09 bits per heavy atom. The molecule has 2 aromatic rings. The van der Waals surface area contributed by atoms with Crippen LogP contribution in [-0.4, -0.2) is 53.6 Å². The van der Waals surface area contributed by atoms with Crippen molar-refractivity contribution in [3.8, 4) is 0 Å². The van der Waals surface area contributed by atoms with Gasteiger partial charge >= 0.3 is 5.97 Å². The number of nitrogens with one attached hydrogen (secondary N) is 1. The topological polar surface area (TPSA) is 140 Å². The summed E-state index contributed by atoms with van der Waals surface area (Å²) in [6.45, 7) is 2.58. The largest absolute Gasteiger partial charge is 0.465 e. The number of sulfonamides is 1. The highest BCUT2D eigenvalue weighted by molar-refractivity contribution is 7.89. The Hall–Kier alpha value is -2.85. The van der Waals surface area contributed by atoms with Crippen molar-refractivity contribution in [2.24, 2.45) is 16.5 Å². The molecule has 0 aliphatic rings. The van der Waals surface area contributed by atoms with E-state index in [1.165, 1.54) is 6.07 Å². The van der Waals surface area contributed by atoms with Crippen LogP contribution in [0.25, 0.3) is 10.8 Å². The van der Waals surface area contributed by atoms with Crippen molar-refractivity contribution in [1.29, 1.82) is 0 Å². The number of unbranched alkanes of at least 4 members (excludes halogenated alkanes) is 2. The van der Waals surface area contributed by atoms with Crippen molar-refractivity contribution in [3.05, 3.63) is 36.4 Å². The zero-order valence-electron chi connectivity index (χ0n) is 19.6. The van der Waals surface area contributed by atoms with Gasteiger partial charge in [-0.3, -0.25) is 9.79 Å². The van der Waals surface area contributed by atoms with E-state index in [0.717, 1.165) is 30.3 Å². The van der Waals surface area contributed by atoms with Gasteiger partial charge in [0.05, 0.1) is 11.5 Å². The zero-order valence-corrected chi connectivity index (χ0v) is 20.4. The van der Waals surface area contributed by atoms with Crippen molar-refractivity contribution < 1.29 is 17.9 Å². The number of carbonyl (C=O) groups is 1. The summed E-state index contributed by atoms with van der Waals surface area (Å²) in [4.78, 5) is 18.6. The summed E-state index contributed by atoms with van der Waals surface area (Å²) in [5.41, 5.74) is 11.6. The number of guanidine groups is 1. The molecule has 0 heterocycles. The maximum Gasteiger partial charge on any atom is 0.324 e.